The third kappa shape index (κ3) is 6.55. The molecule has 0 radical (unpaired) electrons. The summed E-state index contributed by atoms with van der Waals surface area (Å²) in [5.74, 6) is 0.831. The van der Waals surface area contributed by atoms with Crippen LogP contribution in [0.3, 0.4) is 0 Å². The lowest BCUT2D eigenvalue weighted by atomic mass is 10.1. The van der Waals surface area contributed by atoms with Crippen molar-refractivity contribution in [3.63, 3.8) is 0 Å². The van der Waals surface area contributed by atoms with Gasteiger partial charge in [0.05, 0.1) is 12.6 Å². The first-order valence-corrected chi connectivity index (χ1v) is 9.18. The van der Waals surface area contributed by atoms with Gasteiger partial charge in [-0.25, -0.2) is 4.79 Å². The first kappa shape index (κ1) is 19.5. The molecule has 1 aliphatic heterocycles. The van der Waals surface area contributed by atoms with Crippen LogP contribution in [0.2, 0.25) is 0 Å². The van der Waals surface area contributed by atoms with Gasteiger partial charge in [-0.15, -0.1) is 0 Å². The van der Waals surface area contributed by atoms with E-state index in [-0.39, 0.29) is 18.1 Å². The molecule has 2 rings (SSSR count). The molecule has 0 bridgehead atoms. The van der Waals surface area contributed by atoms with Crippen LogP contribution in [0.25, 0.3) is 0 Å². The van der Waals surface area contributed by atoms with E-state index >= 15 is 0 Å². The number of carbonyl (C=O) groups excluding carboxylic acids is 1. The van der Waals surface area contributed by atoms with Crippen LogP contribution in [-0.4, -0.2) is 68.3 Å². The van der Waals surface area contributed by atoms with E-state index in [0.717, 1.165) is 44.0 Å². The van der Waals surface area contributed by atoms with Crippen LogP contribution in [-0.2, 0) is 0 Å². The van der Waals surface area contributed by atoms with Gasteiger partial charge in [0.25, 0.3) is 0 Å². The van der Waals surface area contributed by atoms with Gasteiger partial charge in [-0.3, -0.25) is 4.90 Å². The SMILES string of the molecule is CCOc1cccc(C(C)NC(=O)NC(C)CN2CCN(C)CC2)c1. The topological polar surface area (TPSA) is 56.8 Å². The molecule has 2 amide bonds. The number of carbonyl (C=O) groups is 1. The number of urea groups is 1. The lowest BCUT2D eigenvalue weighted by molar-refractivity contribution is 0.144. The van der Waals surface area contributed by atoms with E-state index < -0.39 is 0 Å². The average Bonchev–Trinajstić information content (AvgIpc) is 2.57. The fourth-order valence-corrected chi connectivity index (χ4v) is 3.05. The molecule has 0 aromatic heterocycles. The number of nitrogens with one attached hydrogen (secondary N) is 2. The number of hydrogen-bond acceptors (Lipinski definition) is 4. The number of piperazine rings is 1. The number of amides is 2. The van der Waals surface area contributed by atoms with Gasteiger partial charge in [0.15, 0.2) is 0 Å². The number of rotatable bonds is 7. The molecule has 0 spiro atoms. The number of benzene rings is 1. The summed E-state index contributed by atoms with van der Waals surface area (Å²) in [5, 5.41) is 6.05. The largest absolute Gasteiger partial charge is 0.494 e. The van der Waals surface area contributed by atoms with Crippen LogP contribution in [0.5, 0.6) is 5.75 Å². The molecular weight excluding hydrogens is 316 g/mol. The van der Waals surface area contributed by atoms with Crippen LogP contribution < -0.4 is 15.4 Å². The summed E-state index contributed by atoms with van der Waals surface area (Å²) >= 11 is 0. The molecule has 0 saturated carbocycles. The molecule has 2 unspecified atom stereocenters. The predicted molar refractivity (Wildman–Crippen MR) is 101 cm³/mol. The van der Waals surface area contributed by atoms with Crippen LogP contribution in [0, 0.1) is 0 Å². The molecule has 140 valence electrons. The molecule has 2 N–H and O–H groups in total. The predicted octanol–water partition coefficient (Wildman–Crippen LogP) is 2.08. The standard InChI is InChI=1S/C19H32N4O2/c1-5-25-18-8-6-7-17(13-18)16(3)21-19(24)20-15(2)14-23-11-9-22(4)10-12-23/h6-8,13,15-16H,5,9-12,14H2,1-4H3,(H2,20,21,24). The molecule has 1 aromatic carbocycles. The van der Waals surface area contributed by atoms with Crippen molar-refractivity contribution >= 4 is 6.03 Å². The molecule has 1 heterocycles. The number of likely N-dealkylation sites (N-methyl/N-ethyl adjacent to an activating group) is 1. The van der Waals surface area contributed by atoms with Crippen molar-refractivity contribution < 1.29 is 9.53 Å². The lowest BCUT2D eigenvalue weighted by Gasteiger charge is -2.34. The van der Waals surface area contributed by atoms with Gasteiger partial charge >= 0.3 is 6.03 Å². The molecular formula is C19H32N4O2. The Kier molecular flexibility index (Phi) is 7.52. The maximum absolute atomic E-state index is 12.3. The molecule has 2 atom stereocenters. The zero-order valence-electron chi connectivity index (χ0n) is 15.9. The van der Waals surface area contributed by atoms with E-state index in [4.69, 9.17) is 4.74 Å². The van der Waals surface area contributed by atoms with E-state index in [1.807, 2.05) is 38.1 Å². The van der Waals surface area contributed by atoms with Crippen molar-refractivity contribution in [1.29, 1.82) is 0 Å². The quantitative estimate of drug-likeness (QED) is 0.792. The van der Waals surface area contributed by atoms with E-state index in [0.29, 0.717) is 6.61 Å². The highest BCUT2D eigenvalue weighted by Crippen LogP contribution is 2.19. The van der Waals surface area contributed by atoms with Gasteiger partial charge in [0.2, 0.25) is 0 Å². The Hall–Kier alpha value is -1.79. The zero-order chi connectivity index (χ0) is 18.2. The third-order valence-electron chi connectivity index (χ3n) is 4.52. The summed E-state index contributed by atoms with van der Waals surface area (Å²) in [6.45, 7) is 11.8. The Morgan fingerprint density at radius 3 is 2.60 bits per heavy atom. The van der Waals surface area contributed by atoms with Crippen LogP contribution in [0.1, 0.15) is 32.4 Å². The van der Waals surface area contributed by atoms with Gasteiger partial charge in [0, 0.05) is 38.8 Å². The van der Waals surface area contributed by atoms with Crippen molar-refractivity contribution in [3.05, 3.63) is 29.8 Å². The van der Waals surface area contributed by atoms with Gasteiger partial charge in [-0.05, 0) is 45.5 Å². The monoisotopic (exact) mass is 348 g/mol. The average molecular weight is 348 g/mol. The molecule has 1 fully saturated rings. The van der Waals surface area contributed by atoms with Gasteiger partial charge < -0.3 is 20.3 Å². The summed E-state index contributed by atoms with van der Waals surface area (Å²) < 4.78 is 5.52. The molecule has 0 aliphatic carbocycles. The highest BCUT2D eigenvalue weighted by molar-refractivity contribution is 5.74. The Morgan fingerprint density at radius 1 is 1.20 bits per heavy atom. The van der Waals surface area contributed by atoms with Crippen molar-refractivity contribution in [2.24, 2.45) is 0 Å². The van der Waals surface area contributed by atoms with Crippen molar-refractivity contribution in [2.45, 2.75) is 32.9 Å². The van der Waals surface area contributed by atoms with Crippen molar-refractivity contribution in [2.75, 3.05) is 46.4 Å². The molecule has 1 aromatic rings. The summed E-state index contributed by atoms with van der Waals surface area (Å²) in [6.07, 6.45) is 0. The lowest BCUT2D eigenvalue weighted by Crippen LogP contribution is -2.51. The smallest absolute Gasteiger partial charge is 0.315 e. The Morgan fingerprint density at radius 2 is 1.92 bits per heavy atom. The maximum Gasteiger partial charge on any atom is 0.315 e. The van der Waals surface area contributed by atoms with Gasteiger partial charge in [-0.2, -0.15) is 0 Å². The Labute approximate surface area is 151 Å². The summed E-state index contributed by atoms with van der Waals surface area (Å²) in [6, 6.07) is 7.77. The second-order valence-electron chi connectivity index (χ2n) is 6.85. The second-order valence-corrected chi connectivity index (χ2v) is 6.85. The Bertz CT molecular complexity index is 544. The normalized spacial score (nSPS) is 18.4. The van der Waals surface area contributed by atoms with Gasteiger partial charge in [0.1, 0.15) is 5.75 Å². The van der Waals surface area contributed by atoms with E-state index in [9.17, 15) is 4.79 Å². The molecule has 6 nitrogen and oxygen atoms in total. The highest BCUT2D eigenvalue weighted by atomic mass is 16.5. The van der Waals surface area contributed by atoms with Crippen molar-refractivity contribution in [3.8, 4) is 5.75 Å². The number of ether oxygens (including phenoxy) is 1. The third-order valence-corrected chi connectivity index (χ3v) is 4.52. The van der Waals surface area contributed by atoms with Crippen LogP contribution in [0.4, 0.5) is 4.79 Å². The molecule has 1 saturated heterocycles. The minimum Gasteiger partial charge on any atom is -0.494 e. The number of hydrogen-bond donors (Lipinski definition) is 2. The van der Waals surface area contributed by atoms with Crippen LogP contribution in [0.15, 0.2) is 24.3 Å². The summed E-state index contributed by atoms with van der Waals surface area (Å²) in [4.78, 5) is 17.0. The van der Waals surface area contributed by atoms with E-state index in [1.54, 1.807) is 0 Å². The highest BCUT2D eigenvalue weighted by Gasteiger charge is 2.18. The van der Waals surface area contributed by atoms with Crippen LogP contribution >= 0.6 is 0 Å². The fraction of sp³-hybridized carbons (Fsp3) is 0.632. The molecule has 25 heavy (non-hydrogen) atoms. The first-order valence-electron chi connectivity index (χ1n) is 9.18. The minimum atomic E-state index is -0.129. The molecule has 6 heteroatoms. The Balaban J connectivity index is 1.77. The summed E-state index contributed by atoms with van der Waals surface area (Å²) in [7, 11) is 2.15. The van der Waals surface area contributed by atoms with E-state index in [2.05, 4.69) is 34.4 Å². The minimum absolute atomic E-state index is 0.0729. The first-order chi connectivity index (χ1) is 12.0. The summed E-state index contributed by atoms with van der Waals surface area (Å²) in [5.41, 5.74) is 1.04. The zero-order valence-corrected chi connectivity index (χ0v) is 15.9. The molecule has 1 aliphatic rings. The number of nitrogens with zero attached hydrogens (tertiary/aromatic N) is 2. The van der Waals surface area contributed by atoms with E-state index in [1.165, 1.54) is 0 Å². The second kappa shape index (κ2) is 9.63. The fourth-order valence-electron chi connectivity index (χ4n) is 3.05. The van der Waals surface area contributed by atoms with Crippen molar-refractivity contribution in [1.82, 2.24) is 20.4 Å². The van der Waals surface area contributed by atoms with Gasteiger partial charge in [-0.1, -0.05) is 12.1 Å². The maximum atomic E-state index is 12.3.